The van der Waals surface area contributed by atoms with Gasteiger partial charge in [0.15, 0.2) is 0 Å². The topological polar surface area (TPSA) is 58.6 Å². The summed E-state index contributed by atoms with van der Waals surface area (Å²) in [6, 6.07) is 0. The van der Waals surface area contributed by atoms with Crippen LogP contribution in [-0.2, 0) is 4.74 Å². The molecule has 0 spiro atoms. The summed E-state index contributed by atoms with van der Waals surface area (Å²) in [5.41, 5.74) is -0.514. The SMILES string of the molecule is CC(C)(C)OC(=O)NC(O)C1CCCC1. The van der Waals surface area contributed by atoms with Gasteiger partial charge in [-0.15, -0.1) is 0 Å². The molecule has 1 amide bonds. The predicted molar refractivity (Wildman–Crippen MR) is 57.3 cm³/mol. The molecule has 1 aliphatic rings. The molecule has 1 unspecified atom stereocenters. The van der Waals surface area contributed by atoms with Crippen molar-refractivity contribution < 1.29 is 14.6 Å². The number of hydrogen-bond acceptors (Lipinski definition) is 3. The van der Waals surface area contributed by atoms with Crippen molar-refractivity contribution in [3.05, 3.63) is 0 Å². The first-order valence-electron chi connectivity index (χ1n) is 5.56. The third-order valence-corrected chi connectivity index (χ3v) is 2.51. The highest BCUT2D eigenvalue weighted by Crippen LogP contribution is 2.26. The van der Waals surface area contributed by atoms with Crippen molar-refractivity contribution in [2.24, 2.45) is 5.92 Å². The van der Waals surface area contributed by atoms with Gasteiger partial charge in [-0.2, -0.15) is 0 Å². The Morgan fingerprint density at radius 2 is 1.93 bits per heavy atom. The van der Waals surface area contributed by atoms with Crippen molar-refractivity contribution in [2.75, 3.05) is 0 Å². The molecular formula is C11H21NO3. The molecule has 0 bridgehead atoms. The number of aliphatic hydroxyl groups excluding tert-OH is 1. The average Bonchev–Trinajstić information content (AvgIpc) is 2.50. The lowest BCUT2D eigenvalue weighted by atomic mass is 10.1. The third kappa shape index (κ3) is 4.51. The molecular weight excluding hydrogens is 194 g/mol. The molecule has 0 radical (unpaired) electrons. The summed E-state index contributed by atoms with van der Waals surface area (Å²) in [7, 11) is 0. The van der Waals surface area contributed by atoms with Crippen molar-refractivity contribution in [2.45, 2.75) is 58.3 Å². The lowest BCUT2D eigenvalue weighted by molar-refractivity contribution is 0.0231. The molecule has 0 heterocycles. The molecule has 2 N–H and O–H groups in total. The van der Waals surface area contributed by atoms with E-state index >= 15 is 0 Å². The van der Waals surface area contributed by atoms with Gasteiger partial charge in [-0.05, 0) is 33.6 Å². The van der Waals surface area contributed by atoms with E-state index in [1.807, 2.05) is 0 Å². The zero-order valence-corrected chi connectivity index (χ0v) is 9.75. The number of rotatable bonds is 2. The van der Waals surface area contributed by atoms with Crippen molar-refractivity contribution >= 4 is 6.09 Å². The van der Waals surface area contributed by atoms with E-state index in [1.165, 1.54) is 0 Å². The Bertz CT molecular complexity index is 216. The van der Waals surface area contributed by atoms with Gasteiger partial charge >= 0.3 is 6.09 Å². The Hall–Kier alpha value is -0.770. The largest absolute Gasteiger partial charge is 0.444 e. The Morgan fingerprint density at radius 1 is 1.40 bits per heavy atom. The van der Waals surface area contributed by atoms with Crippen LogP contribution in [0.1, 0.15) is 46.5 Å². The average molecular weight is 215 g/mol. The maximum absolute atomic E-state index is 11.3. The monoisotopic (exact) mass is 215 g/mol. The molecule has 4 heteroatoms. The zero-order chi connectivity index (χ0) is 11.5. The van der Waals surface area contributed by atoms with Crippen molar-refractivity contribution in [1.82, 2.24) is 5.32 Å². The number of hydrogen-bond donors (Lipinski definition) is 2. The van der Waals surface area contributed by atoms with Gasteiger partial charge in [-0.3, -0.25) is 5.32 Å². The van der Waals surface area contributed by atoms with Crippen LogP contribution in [0.25, 0.3) is 0 Å². The lowest BCUT2D eigenvalue weighted by Crippen LogP contribution is -2.42. The number of carbonyl (C=O) groups is 1. The van der Waals surface area contributed by atoms with Crippen LogP contribution >= 0.6 is 0 Å². The second-order valence-electron chi connectivity index (χ2n) is 5.14. The van der Waals surface area contributed by atoms with Crippen LogP contribution in [0.4, 0.5) is 4.79 Å². The van der Waals surface area contributed by atoms with E-state index in [0.717, 1.165) is 25.7 Å². The summed E-state index contributed by atoms with van der Waals surface area (Å²) in [6.07, 6.45) is 2.94. The normalized spacial score (nSPS) is 20.0. The van der Waals surface area contributed by atoms with Gasteiger partial charge in [0.25, 0.3) is 0 Å². The van der Waals surface area contributed by atoms with Crippen LogP contribution in [0.3, 0.4) is 0 Å². The minimum atomic E-state index is -0.762. The number of amides is 1. The van der Waals surface area contributed by atoms with Gasteiger partial charge in [0.05, 0.1) is 0 Å². The molecule has 88 valence electrons. The van der Waals surface area contributed by atoms with Crippen molar-refractivity contribution in [3.8, 4) is 0 Å². The third-order valence-electron chi connectivity index (χ3n) is 2.51. The number of carbonyl (C=O) groups excluding carboxylic acids is 1. The van der Waals surface area contributed by atoms with Crippen LogP contribution in [0.5, 0.6) is 0 Å². The second kappa shape index (κ2) is 4.84. The molecule has 1 rings (SSSR count). The highest BCUT2D eigenvalue weighted by molar-refractivity contribution is 5.67. The molecule has 1 saturated carbocycles. The first-order chi connectivity index (χ1) is 6.88. The summed E-state index contributed by atoms with van der Waals surface area (Å²) in [5.74, 6) is 0.192. The molecule has 1 atom stereocenters. The smallest absolute Gasteiger partial charge is 0.409 e. The van der Waals surface area contributed by atoms with Gasteiger partial charge in [0.1, 0.15) is 11.8 Å². The number of nitrogens with one attached hydrogen (secondary N) is 1. The molecule has 0 saturated heterocycles. The van der Waals surface area contributed by atoms with E-state index in [0.29, 0.717) is 0 Å². The quantitative estimate of drug-likeness (QED) is 0.693. The minimum absolute atomic E-state index is 0.192. The minimum Gasteiger partial charge on any atom is -0.444 e. The van der Waals surface area contributed by atoms with Gasteiger partial charge in [-0.25, -0.2) is 4.79 Å². The van der Waals surface area contributed by atoms with Crippen LogP contribution < -0.4 is 5.32 Å². The van der Waals surface area contributed by atoms with E-state index in [1.54, 1.807) is 20.8 Å². The predicted octanol–water partition coefficient (Wildman–Crippen LogP) is 2.02. The maximum Gasteiger partial charge on any atom is 0.409 e. The highest BCUT2D eigenvalue weighted by atomic mass is 16.6. The van der Waals surface area contributed by atoms with E-state index in [4.69, 9.17) is 4.74 Å². The number of aliphatic hydroxyl groups is 1. The first kappa shape index (κ1) is 12.3. The van der Waals surface area contributed by atoms with Crippen LogP contribution in [0.2, 0.25) is 0 Å². The summed E-state index contributed by atoms with van der Waals surface area (Å²) in [5, 5.41) is 12.2. The standard InChI is InChI=1S/C11H21NO3/c1-11(2,3)15-10(14)12-9(13)8-6-4-5-7-8/h8-9,13H,4-7H2,1-3H3,(H,12,14). The van der Waals surface area contributed by atoms with Crippen LogP contribution in [-0.4, -0.2) is 23.0 Å². The Labute approximate surface area is 91.0 Å². The first-order valence-corrected chi connectivity index (χ1v) is 5.56. The number of alkyl carbamates (subject to hydrolysis) is 1. The van der Waals surface area contributed by atoms with Crippen molar-refractivity contribution in [1.29, 1.82) is 0 Å². The molecule has 1 fully saturated rings. The molecule has 1 aliphatic carbocycles. The Balaban J connectivity index is 2.30. The van der Waals surface area contributed by atoms with E-state index in [9.17, 15) is 9.90 Å². The lowest BCUT2D eigenvalue weighted by Gasteiger charge is -2.23. The Kier molecular flexibility index (Phi) is 3.97. The molecule has 0 aromatic carbocycles. The van der Waals surface area contributed by atoms with Crippen LogP contribution in [0.15, 0.2) is 0 Å². The molecule has 15 heavy (non-hydrogen) atoms. The summed E-state index contributed by atoms with van der Waals surface area (Å²) in [4.78, 5) is 11.3. The summed E-state index contributed by atoms with van der Waals surface area (Å²) < 4.78 is 5.06. The molecule has 0 aromatic heterocycles. The molecule has 0 aliphatic heterocycles. The number of ether oxygens (including phenoxy) is 1. The fourth-order valence-corrected chi connectivity index (χ4v) is 1.82. The van der Waals surface area contributed by atoms with Crippen molar-refractivity contribution in [3.63, 3.8) is 0 Å². The summed E-state index contributed by atoms with van der Waals surface area (Å²) in [6.45, 7) is 5.40. The van der Waals surface area contributed by atoms with E-state index in [-0.39, 0.29) is 5.92 Å². The summed E-state index contributed by atoms with van der Waals surface area (Å²) >= 11 is 0. The van der Waals surface area contributed by atoms with Gasteiger partial charge < -0.3 is 9.84 Å². The molecule has 4 nitrogen and oxygen atoms in total. The Morgan fingerprint density at radius 3 is 2.40 bits per heavy atom. The van der Waals surface area contributed by atoms with Gasteiger partial charge in [0.2, 0.25) is 0 Å². The maximum atomic E-state index is 11.3. The highest BCUT2D eigenvalue weighted by Gasteiger charge is 2.26. The van der Waals surface area contributed by atoms with E-state index < -0.39 is 17.9 Å². The van der Waals surface area contributed by atoms with Gasteiger partial charge in [-0.1, -0.05) is 12.8 Å². The fourth-order valence-electron chi connectivity index (χ4n) is 1.82. The van der Waals surface area contributed by atoms with Gasteiger partial charge in [0, 0.05) is 5.92 Å². The van der Waals surface area contributed by atoms with Crippen LogP contribution in [0, 0.1) is 5.92 Å². The second-order valence-corrected chi connectivity index (χ2v) is 5.14. The fraction of sp³-hybridized carbons (Fsp3) is 0.909. The van der Waals surface area contributed by atoms with E-state index in [2.05, 4.69) is 5.32 Å². The zero-order valence-electron chi connectivity index (χ0n) is 9.75. The molecule has 0 aromatic rings.